The molecule has 106 valence electrons. The van der Waals surface area contributed by atoms with Crippen molar-refractivity contribution in [3.63, 3.8) is 0 Å². The largest absolute Gasteiger partial charge is 0.453 e. The molecule has 10 heteroatoms. The molecular formula is C10H9F3N6S. The highest BCUT2D eigenvalue weighted by Crippen LogP contribution is 2.31. The molecule has 0 saturated heterocycles. The Bertz CT molecular complexity index is 768. The van der Waals surface area contributed by atoms with Gasteiger partial charge < -0.3 is 0 Å². The summed E-state index contributed by atoms with van der Waals surface area (Å²) >= 11 is 1.05. The maximum absolute atomic E-state index is 12.7. The van der Waals surface area contributed by atoms with Gasteiger partial charge in [0.05, 0.1) is 11.4 Å². The monoisotopic (exact) mass is 302 g/mol. The van der Waals surface area contributed by atoms with E-state index in [2.05, 4.69) is 20.4 Å². The number of fused-ring (bicyclic) bond motifs is 1. The van der Waals surface area contributed by atoms with Crippen LogP contribution in [0, 0.1) is 6.92 Å². The van der Waals surface area contributed by atoms with Crippen molar-refractivity contribution in [1.82, 2.24) is 29.6 Å². The summed E-state index contributed by atoms with van der Waals surface area (Å²) in [4.78, 5) is 0.105. The normalized spacial score (nSPS) is 12.4. The van der Waals surface area contributed by atoms with Gasteiger partial charge in [0, 0.05) is 6.54 Å². The minimum absolute atomic E-state index is 0.105. The van der Waals surface area contributed by atoms with Crippen LogP contribution in [0.1, 0.15) is 18.4 Å². The third-order valence-corrected chi connectivity index (χ3v) is 3.59. The second-order valence-corrected chi connectivity index (χ2v) is 5.07. The van der Waals surface area contributed by atoms with Gasteiger partial charge in [0.15, 0.2) is 5.01 Å². The van der Waals surface area contributed by atoms with Crippen LogP contribution in [-0.4, -0.2) is 29.6 Å². The highest BCUT2D eigenvalue weighted by molar-refractivity contribution is 7.19. The van der Waals surface area contributed by atoms with Crippen molar-refractivity contribution in [2.45, 2.75) is 26.6 Å². The molecule has 0 fully saturated rings. The summed E-state index contributed by atoms with van der Waals surface area (Å²) in [6, 6.07) is 1.78. The number of hydrogen-bond acceptors (Lipinski definition) is 5. The van der Waals surface area contributed by atoms with Gasteiger partial charge >= 0.3 is 6.18 Å². The van der Waals surface area contributed by atoms with Crippen molar-refractivity contribution in [3.05, 3.63) is 17.6 Å². The lowest BCUT2D eigenvalue weighted by molar-refractivity contribution is -0.146. The predicted octanol–water partition coefficient (Wildman–Crippen LogP) is 2.40. The third kappa shape index (κ3) is 1.96. The highest BCUT2D eigenvalue weighted by atomic mass is 32.1. The van der Waals surface area contributed by atoms with Crippen molar-refractivity contribution in [2.75, 3.05) is 0 Å². The molecule has 20 heavy (non-hydrogen) atoms. The fourth-order valence-electron chi connectivity index (χ4n) is 1.86. The summed E-state index contributed by atoms with van der Waals surface area (Å²) in [6.45, 7) is 4.32. The fraction of sp³-hybridized carbons (Fsp3) is 0.400. The zero-order valence-corrected chi connectivity index (χ0v) is 11.3. The molecule has 0 aromatic carbocycles. The van der Waals surface area contributed by atoms with Crippen molar-refractivity contribution >= 4 is 16.3 Å². The Morgan fingerprint density at radius 1 is 1.25 bits per heavy atom. The molecule has 0 unspecified atom stereocenters. The van der Waals surface area contributed by atoms with Crippen LogP contribution < -0.4 is 0 Å². The Labute approximate surface area is 114 Å². The quantitative estimate of drug-likeness (QED) is 0.729. The Balaban J connectivity index is 2.16. The van der Waals surface area contributed by atoms with Gasteiger partial charge in [0.25, 0.3) is 5.82 Å². The molecule has 0 aliphatic carbocycles. The van der Waals surface area contributed by atoms with Crippen LogP contribution in [0.5, 0.6) is 0 Å². The maximum atomic E-state index is 12.7. The summed E-state index contributed by atoms with van der Waals surface area (Å²) < 4.78 is 40.6. The lowest BCUT2D eigenvalue weighted by Crippen LogP contribution is -2.11. The number of hydrogen-bond donors (Lipinski definition) is 0. The molecule has 6 nitrogen and oxygen atoms in total. The van der Waals surface area contributed by atoms with Crippen LogP contribution in [-0.2, 0) is 12.7 Å². The number of aromatic nitrogens is 6. The molecule has 0 aliphatic heterocycles. The molecule has 3 aromatic heterocycles. The second-order valence-electron chi connectivity index (χ2n) is 4.11. The smallest absolute Gasteiger partial charge is 0.262 e. The van der Waals surface area contributed by atoms with Gasteiger partial charge in [0.2, 0.25) is 4.96 Å². The van der Waals surface area contributed by atoms with Gasteiger partial charge in [-0.2, -0.15) is 27.9 Å². The van der Waals surface area contributed by atoms with Crippen LogP contribution in [0.4, 0.5) is 13.2 Å². The van der Waals surface area contributed by atoms with E-state index in [4.69, 9.17) is 0 Å². The lowest BCUT2D eigenvalue weighted by atomic mass is 10.4. The van der Waals surface area contributed by atoms with E-state index in [1.54, 1.807) is 10.7 Å². The Morgan fingerprint density at radius 2 is 2.00 bits per heavy atom. The van der Waals surface area contributed by atoms with Crippen LogP contribution in [0.15, 0.2) is 6.07 Å². The van der Waals surface area contributed by atoms with Crippen molar-refractivity contribution in [1.29, 1.82) is 0 Å². The summed E-state index contributed by atoms with van der Waals surface area (Å²) in [5, 5.41) is 15.3. The minimum atomic E-state index is -4.58. The molecule has 0 amide bonds. The molecule has 0 N–H and O–H groups in total. The van der Waals surface area contributed by atoms with E-state index in [9.17, 15) is 13.2 Å². The predicted molar refractivity (Wildman–Crippen MR) is 65.3 cm³/mol. The molecule has 0 aliphatic rings. The first-order valence-electron chi connectivity index (χ1n) is 5.74. The van der Waals surface area contributed by atoms with Crippen LogP contribution in [0.25, 0.3) is 15.7 Å². The van der Waals surface area contributed by atoms with E-state index >= 15 is 0 Å². The standard InChI is InChI=1S/C10H9F3N6S/c1-3-18-6(4-5(2)16-18)7-17-19-8(10(11,12)13)14-15-9(19)20-7/h4H,3H2,1-2H3. The van der Waals surface area contributed by atoms with E-state index in [0.29, 0.717) is 17.2 Å². The van der Waals surface area contributed by atoms with Crippen molar-refractivity contribution in [2.24, 2.45) is 0 Å². The SMILES string of the molecule is CCn1nc(C)cc1-c1nn2c(C(F)(F)F)nnc2s1. The molecule has 0 spiro atoms. The summed E-state index contributed by atoms with van der Waals surface area (Å²) in [5.41, 5.74) is 1.46. The van der Waals surface area contributed by atoms with Crippen LogP contribution in [0.3, 0.4) is 0 Å². The molecule has 3 aromatic rings. The van der Waals surface area contributed by atoms with E-state index in [1.165, 1.54) is 0 Å². The Kier molecular flexibility index (Phi) is 2.78. The van der Waals surface area contributed by atoms with E-state index in [0.717, 1.165) is 21.5 Å². The molecule has 0 saturated carbocycles. The zero-order valence-electron chi connectivity index (χ0n) is 10.5. The number of rotatable bonds is 2. The minimum Gasteiger partial charge on any atom is -0.262 e. The molecule has 3 rings (SSSR count). The number of alkyl halides is 3. The first kappa shape index (κ1) is 13.0. The summed E-state index contributed by atoms with van der Waals surface area (Å²) in [7, 11) is 0. The zero-order chi connectivity index (χ0) is 14.5. The van der Waals surface area contributed by atoms with Gasteiger partial charge in [-0.05, 0) is 19.9 Å². The highest BCUT2D eigenvalue weighted by Gasteiger charge is 2.38. The topological polar surface area (TPSA) is 60.9 Å². The second kappa shape index (κ2) is 4.27. The van der Waals surface area contributed by atoms with Crippen molar-refractivity contribution < 1.29 is 13.2 Å². The maximum Gasteiger partial charge on any atom is 0.453 e. The van der Waals surface area contributed by atoms with Gasteiger partial charge in [-0.25, -0.2) is 0 Å². The fourth-order valence-corrected chi connectivity index (χ4v) is 2.72. The third-order valence-electron chi connectivity index (χ3n) is 2.67. The van der Waals surface area contributed by atoms with Crippen molar-refractivity contribution in [3.8, 4) is 10.7 Å². The number of aryl methyl sites for hydroxylation is 2. The number of nitrogens with zero attached hydrogens (tertiary/aromatic N) is 6. The first-order chi connectivity index (χ1) is 9.40. The molecule has 0 atom stereocenters. The van der Waals surface area contributed by atoms with Gasteiger partial charge in [-0.1, -0.05) is 11.3 Å². The number of halogens is 3. The van der Waals surface area contributed by atoms with E-state index in [1.807, 2.05) is 13.8 Å². The average molecular weight is 302 g/mol. The molecular weight excluding hydrogens is 293 g/mol. The summed E-state index contributed by atoms with van der Waals surface area (Å²) in [5.74, 6) is -1.12. The Morgan fingerprint density at radius 3 is 2.65 bits per heavy atom. The Hall–Kier alpha value is -1.97. The summed E-state index contributed by atoms with van der Waals surface area (Å²) in [6.07, 6.45) is -4.58. The molecule has 3 heterocycles. The van der Waals surface area contributed by atoms with Crippen LogP contribution >= 0.6 is 11.3 Å². The van der Waals surface area contributed by atoms with Crippen LogP contribution in [0.2, 0.25) is 0 Å². The molecule has 0 bridgehead atoms. The molecule has 0 radical (unpaired) electrons. The first-order valence-corrected chi connectivity index (χ1v) is 6.56. The van der Waals surface area contributed by atoms with E-state index in [-0.39, 0.29) is 4.96 Å². The van der Waals surface area contributed by atoms with Gasteiger partial charge in [0.1, 0.15) is 0 Å². The average Bonchev–Trinajstić information content (AvgIpc) is 2.98. The van der Waals surface area contributed by atoms with Gasteiger partial charge in [-0.3, -0.25) is 4.68 Å². The lowest BCUT2D eigenvalue weighted by Gasteiger charge is -2.01. The van der Waals surface area contributed by atoms with Gasteiger partial charge in [-0.15, -0.1) is 10.2 Å². The van der Waals surface area contributed by atoms with E-state index < -0.39 is 12.0 Å².